The van der Waals surface area contributed by atoms with Crippen molar-refractivity contribution in [1.82, 2.24) is 4.90 Å². The zero-order valence-electron chi connectivity index (χ0n) is 18.8. The maximum absolute atomic E-state index is 13.0. The van der Waals surface area contributed by atoms with Crippen molar-refractivity contribution in [3.8, 4) is 11.8 Å². The summed E-state index contributed by atoms with van der Waals surface area (Å²) in [6.07, 6.45) is 1.91. The molecule has 8 heteroatoms. The van der Waals surface area contributed by atoms with E-state index in [0.29, 0.717) is 28.5 Å². The van der Waals surface area contributed by atoms with Crippen LogP contribution in [0.4, 0.5) is 0 Å². The fraction of sp³-hybridized carbons (Fsp3) is 0.231. The maximum atomic E-state index is 13.0. The van der Waals surface area contributed by atoms with Gasteiger partial charge in [-0.25, -0.2) is 0 Å². The van der Waals surface area contributed by atoms with Crippen molar-refractivity contribution < 1.29 is 23.9 Å². The van der Waals surface area contributed by atoms with Crippen LogP contribution >= 0.6 is 11.6 Å². The summed E-state index contributed by atoms with van der Waals surface area (Å²) in [6, 6.07) is 16.4. The monoisotopic (exact) mass is 478 g/mol. The molecule has 2 aromatic rings. The third kappa shape index (κ3) is 5.91. The fourth-order valence-electron chi connectivity index (χ4n) is 3.37. The first-order valence-corrected chi connectivity index (χ1v) is 11.0. The number of amides is 2. The number of hydrogen-bond donors (Lipinski definition) is 0. The Morgan fingerprint density at radius 3 is 2.47 bits per heavy atom. The molecular formula is C26H23ClN2O5. The van der Waals surface area contributed by atoms with Crippen LogP contribution in [0.25, 0.3) is 6.08 Å². The second-order valence-electron chi connectivity index (χ2n) is 7.57. The first-order valence-electron chi connectivity index (χ1n) is 10.6. The Morgan fingerprint density at radius 2 is 1.82 bits per heavy atom. The summed E-state index contributed by atoms with van der Waals surface area (Å²) in [7, 11) is 0. The number of ether oxygens (including phenoxy) is 2. The van der Waals surface area contributed by atoms with Gasteiger partial charge in [-0.3, -0.25) is 19.3 Å². The molecule has 2 aromatic carbocycles. The summed E-state index contributed by atoms with van der Waals surface area (Å²) in [5, 5.41) is 10.1. The standard InChI is InChI=1S/C26H23ClN2O5/c1-17-22(25(31)29(26(32)23(17)15-28)12-5-13-33-18(2)30)14-19-8-10-21(11-9-19)34-16-20-6-3-4-7-24(20)27/h3-4,6-11,14H,5,12-13,16H2,1-2H3/b22-14+. The van der Waals surface area contributed by atoms with Crippen molar-refractivity contribution in [3.63, 3.8) is 0 Å². The number of esters is 1. The van der Waals surface area contributed by atoms with Crippen LogP contribution in [-0.2, 0) is 25.7 Å². The minimum Gasteiger partial charge on any atom is -0.489 e. The van der Waals surface area contributed by atoms with Crippen LogP contribution in [0.5, 0.6) is 5.75 Å². The van der Waals surface area contributed by atoms with Gasteiger partial charge in [0.2, 0.25) is 0 Å². The lowest BCUT2D eigenvalue weighted by atomic mass is 9.93. The number of nitrogens with zero attached hydrogens (tertiary/aromatic N) is 2. The molecule has 1 aliphatic rings. The maximum Gasteiger partial charge on any atom is 0.302 e. The van der Waals surface area contributed by atoms with E-state index >= 15 is 0 Å². The lowest BCUT2D eigenvalue weighted by Gasteiger charge is -2.27. The molecular weight excluding hydrogens is 456 g/mol. The quantitative estimate of drug-likeness (QED) is 0.240. The van der Waals surface area contributed by atoms with E-state index in [1.165, 1.54) is 6.92 Å². The molecule has 1 aliphatic heterocycles. The third-order valence-corrected chi connectivity index (χ3v) is 5.57. The van der Waals surface area contributed by atoms with Crippen LogP contribution in [0.1, 0.15) is 31.4 Å². The Kier molecular flexibility index (Phi) is 8.23. The molecule has 0 aliphatic carbocycles. The highest BCUT2D eigenvalue weighted by molar-refractivity contribution is 6.31. The average molecular weight is 479 g/mol. The van der Waals surface area contributed by atoms with Gasteiger partial charge in [0.1, 0.15) is 24.0 Å². The number of imide groups is 1. The van der Waals surface area contributed by atoms with Crippen molar-refractivity contribution in [2.24, 2.45) is 0 Å². The van der Waals surface area contributed by atoms with E-state index in [1.807, 2.05) is 24.3 Å². The highest BCUT2D eigenvalue weighted by Gasteiger charge is 2.35. The Bertz CT molecular complexity index is 1210. The highest BCUT2D eigenvalue weighted by atomic mass is 35.5. The van der Waals surface area contributed by atoms with Gasteiger partial charge < -0.3 is 9.47 Å². The van der Waals surface area contributed by atoms with E-state index in [-0.39, 0.29) is 30.7 Å². The molecule has 0 atom stereocenters. The van der Waals surface area contributed by atoms with Crippen molar-refractivity contribution in [2.45, 2.75) is 26.9 Å². The molecule has 0 aromatic heterocycles. The summed E-state index contributed by atoms with van der Waals surface area (Å²) in [4.78, 5) is 37.6. The second-order valence-corrected chi connectivity index (χ2v) is 7.98. The zero-order valence-corrected chi connectivity index (χ0v) is 19.6. The molecule has 1 heterocycles. The molecule has 7 nitrogen and oxygen atoms in total. The third-order valence-electron chi connectivity index (χ3n) is 5.20. The Hall–Kier alpha value is -3.89. The Balaban J connectivity index is 1.76. The molecule has 0 spiro atoms. The number of hydrogen-bond acceptors (Lipinski definition) is 6. The summed E-state index contributed by atoms with van der Waals surface area (Å²) in [6.45, 7) is 3.29. The highest BCUT2D eigenvalue weighted by Crippen LogP contribution is 2.28. The fourth-order valence-corrected chi connectivity index (χ4v) is 3.57. The molecule has 0 bridgehead atoms. The number of benzene rings is 2. The van der Waals surface area contributed by atoms with Gasteiger partial charge in [0.15, 0.2) is 0 Å². The molecule has 0 N–H and O–H groups in total. The molecule has 3 rings (SSSR count). The SMILES string of the molecule is CC(=O)OCCCN1C(=O)C(C#N)=C(C)/C(=C\c2ccc(OCc3ccccc3Cl)cc2)C1=O. The molecule has 174 valence electrons. The average Bonchev–Trinajstić information content (AvgIpc) is 2.81. The van der Waals surface area contributed by atoms with E-state index in [1.54, 1.807) is 43.3 Å². The van der Waals surface area contributed by atoms with Crippen LogP contribution in [0.3, 0.4) is 0 Å². The Labute approximate surface area is 202 Å². The summed E-state index contributed by atoms with van der Waals surface area (Å²) >= 11 is 6.15. The molecule has 34 heavy (non-hydrogen) atoms. The molecule has 0 saturated heterocycles. The van der Waals surface area contributed by atoms with Crippen LogP contribution in [-0.4, -0.2) is 35.8 Å². The van der Waals surface area contributed by atoms with Gasteiger partial charge in [-0.05, 0) is 48.8 Å². The molecule has 0 fully saturated rings. The van der Waals surface area contributed by atoms with Crippen LogP contribution < -0.4 is 4.74 Å². The lowest BCUT2D eigenvalue weighted by molar-refractivity contribution is -0.141. The van der Waals surface area contributed by atoms with Crippen LogP contribution in [0, 0.1) is 11.3 Å². The predicted molar refractivity (Wildman–Crippen MR) is 126 cm³/mol. The van der Waals surface area contributed by atoms with Gasteiger partial charge in [-0.1, -0.05) is 41.9 Å². The van der Waals surface area contributed by atoms with E-state index < -0.39 is 17.8 Å². The number of carbonyl (C=O) groups is 3. The van der Waals surface area contributed by atoms with Crippen molar-refractivity contribution in [3.05, 3.63) is 81.4 Å². The summed E-state index contributed by atoms with van der Waals surface area (Å²) in [5.74, 6) is -0.953. The first-order chi connectivity index (χ1) is 16.3. The second kappa shape index (κ2) is 11.3. The molecule has 0 saturated carbocycles. The number of halogens is 1. The van der Waals surface area contributed by atoms with Gasteiger partial charge in [0, 0.05) is 29.6 Å². The van der Waals surface area contributed by atoms with Crippen molar-refractivity contribution >= 4 is 35.5 Å². The van der Waals surface area contributed by atoms with Gasteiger partial charge in [-0.15, -0.1) is 0 Å². The molecule has 0 radical (unpaired) electrons. The largest absolute Gasteiger partial charge is 0.489 e. The van der Waals surface area contributed by atoms with Crippen LogP contribution in [0.2, 0.25) is 5.02 Å². The number of rotatable bonds is 8. The predicted octanol–water partition coefficient (Wildman–Crippen LogP) is 4.46. The molecule has 0 unspecified atom stereocenters. The van der Waals surface area contributed by atoms with Gasteiger partial charge >= 0.3 is 5.97 Å². The lowest BCUT2D eigenvalue weighted by Crippen LogP contribution is -2.43. The number of nitriles is 1. The van der Waals surface area contributed by atoms with E-state index in [2.05, 4.69) is 0 Å². The molecule has 2 amide bonds. The zero-order chi connectivity index (χ0) is 24.7. The summed E-state index contributed by atoms with van der Waals surface area (Å²) in [5.41, 5.74) is 2.07. The number of carbonyl (C=O) groups excluding carboxylic acids is 3. The van der Waals surface area contributed by atoms with Crippen molar-refractivity contribution in [1.29, 1.82) is 5.26 Å². The first kappa shape index (κ1) is 24.7. The smallest absolute Gasteiger partial charge is 0.302 e. The Morgan fingerprint density at radius 1 is 1.12 bits per heavy atom. The minimum absolute atomic E-state index is 0.0373. The minimum atomic E-state index is -0.645. The van der Waals surface area contributed by atoms with Gasteiger partial charge in [0.25, 0.3) is 11.8 Å². The van der Waals surface area contributed by atoms with Crippen molar-refractivity contribution in [2.75, 3.05) is 13.2 Å². The van der Waals surface area contributed by atoms with Crippen LogP contribution in [0.15, 0.2) is 65.3 Å². The van der Waals surface area contributed by atoms with E-state index in [9.17, 15) is 19.6 Å². The van der Waals surface area contributed by atoms with Gasteiger partial charge in [-0.2, -0.15) is 5.26 Å². The van der Waals surface area contributed by atoms with E-state index in [4.69, 9.17) is 21.1 Å². The summed E-state index contributed by atoms with van der Waals surface area (Å²) < 4.78 is 10.7. The van der Waals surface area contributed by atoms with Gasteiger partial charge in [0.05, 0.1) is 6.61 Å². The van der Waals surface area contributed by atoms with E-state index in [0.717, 1.165) is 10.5 Å². The topological polar surface area (TPSA) is 96.7 Å². The normalized spacial score (nSPS) is 14.9.